The van der Waals surface area contributed by atoms with Gasteiger partial charge in [0, 0.05) is 18.6 Å². The van der Waals surface area contributed by atoms with Crippen molar-refractivity contribution in [1.82, 2.24) is 10.2 Å². The smallest absolute Gasteiger partial charge is 0.227 e. The number of hydrogen-bond donors (Lipinski definition) is 1. The molecule has 3 atom stereocenters. The monoisotopic (exact) mass is 208 g/mol. The molecule has 3 aliphatic heterocycles. The Kier molecular flexibility index (Phi) is 2.43. The van der Waals surface area contributed by atoms with E-state index in [4.69, 9.17) is 0 Å². The lowest BCUT2D eigenvalue weighted by molar-refractivity contribution is -0.139. The van der Waals surface area contributed by atoms with E-state index < -0.39 is 0 Å². The molecule has 15 heavy (non-hydrogen) atoms. The second kappa shape index (κ2) is 3.78. The second-order valence-corrected chi connectivity index (χ2v) is 5.25. The highest BCUT2D eigenvalue weighted by Gasteiger charge is 2.41. The molecule has 3 nitrogen and oxygen atoms in total. The topological polar surface area (TPSA) is 32.3 Å². The number of carbonyl (C=O) groups is 1. The normalized spacial score (nSPS) is 39.7. The fourth-order valence-corrected chi connectivity index (χ4v) is 3.55. The third-order valence-corrected chi connectivity index (χ3v) is 4.36. The van der Waals surface area contributed by atoms with E-state index in [-0.39, 0.29) is 5.92 Å². The summed E-state index contributed by atoms with van der Waals surface area (Å²) >= 11 is 0. The van der Waals surface area contributed by atoms with Crippen molar-refractivity contribution in [3.63, 3.8) is 0 Å². The van der Waals surface area contributed by atoms with Gasteiger partial charge in [0.05, 0.1) is 5.92 Å². The maximum Gasteiger partial charge on any atom is 0.227 e. The van der Waals surface area contributed by atoms with Crippen molar-refractivity contribution in [2.24, 2.45) is 5.92 Å². The minimum Gasteiger partial charge on any atom is -0.336 e. The first kappa shape index (κ1) is 9.64. The quantitative estimate of drug-likeness (QED) is 0.701. The molecule has 3 rings (SSSR count). The van der Waals surface area contributed by atoms with Crippen LogP contribution in [-0.4, -0.2) is 36.0 Å². The van der Waals surface area contributed by atoms with Crippen LogP contribution in [0.5, 0.6) is 0 Å². The predicted octanol–water partition coefficient (Wildman–Crippen LogP) is 1.14. The molecule has 1 N–H and O–H groups in total. The SMILES string of the molecule is O=C([C@H]1CCNC1)N1C2CCCC1CC2. The fourth-order valence-electron chi connectivity index (χ4n) is 3.55. The summed E-state index contributed by atoms with van der Waals surface area (Å²) in [6.45, 7) is 1.94. The van der Waals surface area contributed by atoms with Gasteiger partial charge >= 0.3 is 0 Å². The minimum atomic E-state index is 0.284. The highest BCUT2D eigenvalue weighted by atomic mass is 16.2. The Bertz CT molecular complexity index is 244. The molecule has 0 radical (unpaired) electrons. The second-order valence-electron chi connectivity index (χ2n) is 5.25. The highest BCUT2D eigenvalue weighted by molar-refractivity contribution is 5.80. The van der Waals surface area contributed by atoms with Crippen molar-refractivity contribution in [1.29, 1.82) is 0 Å². The van der Waals surface area contributed by atoms with Gasteiger partial charge in [0.15, 0.2) is 0 Å². The van der Waals surface area contributed by atoms with Crippen LogP contribution in [0.1, 0.15) is 38.5 Å². The van der Waals surface area contributed by atoms with Crippen LogP contribution in [0.3, 0.4) is 0 Å². The van der Waals surface area contributed by atoms with Gasteiger partial charge in [-0.25, -0.2) is 0 Å². The Balaban J connectivity index is 1.73. The van der Waals surface area contributed by atoms with Gasteiger partial charge in [0.2, 0.25) is 5.91 Å². The number of nitrogens with one attached hydrogen (secondary N) is 1. The van der Waals surface area contributed by atoms with Crippen LogP contribution in [0.2, 0.25) is 0 Å². The van der Waals surface area contributed by atoms with Crippen LogP contribution in [-0.2, 0) is 4.79 Å². The molecule has 3 saturated heterocycles. The molecule has 0 aromatic carbocycles. The number of nitrogens with zero attached hydrogens (tertiary/aromatic N) is 1. The van der Waals surface area contributed by atoms with Crippen LogP contribution in [0.4, 0.5) is 0 Å². The van der Waals surface area contributed by atoms with Gasteiger partial charge in [-0.3, -0.25) is 4.79 Å². The van der Waals surface area contributed by atoms with Gasteiger partial charge in [0.25, 0.3) is 0 Å². The fraction of sp³-hybridized carbons (Fsp3) is 0.917. The summed E-state index contributed by atoms with van der Waals surface area (Å²) in [7, 11) is 0. The van der Waals surface area contributed by atoms with E-state index in [1.165, 1.54) is 32.1 Å². The van der Waals surface area contributed by atoms with E-state index in [0.29, 0.717) is 18.0 Å². The summed E-state index contributed by atoms with van der Waals surface area (Å²) in [5.74, 6) is 0.735. The number of piperidine rings is 1. The first-order valence-electron chi connectivity index (χ1n) is 6.39. The summed E-state index contributed by atoms with van der Waals surface area (Å²) in [5, 5.41) is 3.29. The molecule has 2 unspecified atom stereocenters. The zero-order valence-corrected chi connectivity index (χ0v) is 9.24. The molecule has 1 amide bonds. The summed E-state index contributed by atoms with van der Waals surface area (Å²) in [5.41, 5.74) is 0. The third-order valence-electron chi connectivity index (χ3n) is 4.36. The van der Waals surface area contributed by atoms with Crippen LogP contribution in [0.15, 0.2) is 0 Å². The molecular weight excluding hydrogens is 188 g/mol. The molecule has 84 valence electrons. The van der Waals surface area contributed by atoms with E-state index >= 15 is 0 Å². The molecule has 0 aliphatic carbocycles. The number of rotatable bonds is 1. The molecule has 2 bridgehead atoms. The van der Waals surface area contributed by atoms with E-state index in [0.717, 1.165) is 19.5 Å². The van der Waals surface area contributed by atoms with Crippen LogP contribution < -0.4 is 5.32 Å². The maximum atomic E-state index is 12.3. The lowest BCUT2D eigenvalue weighted by atomic mass is 9.99. The van der Waals surface area contributed by atoms with E-state index in [1.807, 2.05) is 0 Å². The zero-order chi connectivity index (χ0) is 10.3. The molecular formula is C12H20N2O. The first-order valence-corrected chi connectivity index (χ1v) is 6.39. The average molecular weight is 208 g/mol. The van der Waals surface area contributed by atoms with Gasteiger partial charge < -0.3 is 10.2 Å². The Hall–Kier alpha value is -0.570. The van der Waals surface area contributed by atoms with Gasteiger partial charge in [-0.15, -0.1) is 0 Å². The van der Waals surface area contributed by atoms with Crippen molar-refractivity contribution in [3.8, 4) is 0 Å². The molecule has 0 spiro atoms. The van der Waals surface area contributed by atoms with E-state index in [9.17, 15) is 4.79 Å². The summed E-state index contributed by atoms with van der Waals surface area (Å²) in [4.78, 5) is 14.6. The molecule has 0 aromatic rings. The molecule has 3 fully saturated rings. The van der Waals surface area contributed by atoms with Crippen molar-refractivity contribution in [2.75, 3.05) is 13.1 Å². The molecule has 0 saturated carbocycles. The van der Waals surface area contributed by atoms with Crippen molar-refractivity contribution in [2.45, 2.75) is 50.6 Å². The van der Waals surface area contributed by atoms with Gasteiger partial charge in [0.1, 0.15) is 0 Å². The van der Waals surface area contributed by atoms with Crippen LogP contribution in [0, 0.1) is 5.92 Å². The number of carbonyl (C=O) groups excluding carboxylic acids is 1. The molecule has 3 heteroatoms. The largest absolute Gasteiger partial charge is 0.336 e. The first-order chi connectivity index (χ1) is 7.36. The lowest BCUT2D eigenvalue weighted by Crippen LogP contribution is -2.47. The van der Waals surface area contributed by atoms with Crippen molar-refractivity contribution < 1.29 is 4.79 Å². The van der Waals surface area contributed by atoms with Crippen LogP contribution >= 0.6 is 0 Å². The Morgan fingerprint density at radius 1 is 1.07 bits per heavy atom. The van der Waals surface area contributed by atoms with Crippen LogP contribution in [0.25, 0.3) is 0 Å². The van der Waals surface area contributed by atoms with Gasteiger partial charge in [-0.05, 0) is 45.1 Å². The number of fused-ring (bicyclic) bond motifs is 2. The number of hydrogen-bond acceptors (Lipinski definition) is 2. The number of amides is 1. The molecule has 0 aromatic heterocycles. The van der Waals surface area contributed by atoms with Gasteiger partial charge in [-0.2, -0.15) is 0 Å². The molecule has 3 heterocycles. The van der Waals surface area contributed by atoms with Crippen molar-refractivity contribution in [3.05, 3.63) is 0 Å². The Morgan fingerprint density at radius 2 is 1.80 bits per heavy atom. The summed E-state index contributed by atoms with van der Waals surface area (Å²) in [6, 6.07) is 1.19. The van der Waals surface area contributed by atoms with Crippen molar-refractivity contribution >= 4 is 5.91 Å². The summed E-state index contributed by atoms with van der Waals surface area (Å²) < 4.78 is 0. The maximum absolute atomic E-state index is 12.3. The Labute approximate surface area is 91.2 Å². The lowest BCUT2D eigenvalue weighted by Gasteiger charge is -2.36. The third kappa shape index (κ3) is 1.57. The van der Waals surface area contributed by atoms with E-state index in [2.05, 4.69) is 10.2 Å². The van der Waals surface area contributed by atoms with Gasteiger partial charge in [-0.1, -0.05) is 0 Å². The predicted molar refractivity (Wildman–Crippen MR) is 58.5 cm³/mol. The standard InChI is InChI=1S/C12H20N2O/c15-12(9-6-7-13-8-9)14-10-2-1-3-11(14)5-4-10/h9-11,13H,1-8H2/t9-,10?,11?/m0/s1. The molecule has 3 aliphatic rings. The minimum absolute atomic E-state index is 0.284. The average Bonchev–Trinajstić information content (AvgIpc) is 2.85. The summed E-state index contributed by atoms with van der Waals surface area (Å²) in [6.07, 6.45) is 7.41. The Morgan fingerprint density at radius 3 is 2.40 bits per heavy atom. The van der Waals surface area contributed by atoms with E-state index in [1.54, 1.807) is 0 Å². The highest BCUT2D eigenvalue weighted by Crippen LogP contribution is 2.36. The zero-order valence-electron chi connectivity index (χ0n) is 9.24.